The fourth-order valence-corrected chi connectivity index (χ4v) is 2.44. The number of furan rings is 2. The Hall–Kier alpha value is -2.53. The third-order valence-electron chi connectivity index (χ3n) is 3.95. The second kappa shape index (κ2) is 6.71. The first-order valence-electron chi connectivity index (χ1n) is 7.61. The van der Waals surface area contributed by atoms with Gasteiger partial charge in [0, 0.05) is 5.39 Å². The Morgan fingerprint density at radius 2 is 2.09 bits per heavy atom. The van der Waals surface area contributed by atoms with Gasteiger partial charge in [-0.3, -0.25) is 9.69 Å². The van der Waals surface area contributed by atoms with Crippen LogP contribution in [0.1, 0.15) is 24.5 Å². The van der Waals surface area contributed by atoms with E-state index in [2.05, 4.69) is 5.32 Å². The van der Waals surface area contributed by atoms with Crippen molar-refractivity contribution in [2.24, 2.45) is 0 Å². The van der Waals surface area contributed by atoms with Crippen molar-refractivity contribution in [3.63, 3.8) is 0 Å². The first kappa shape index (κ1) is 15.4. The fraction of sp³-hybridized carbons (Fsp3) is 0.278. The lowest BCUT2D eigenvalue weighted by atomic mass is 10.2. The van der Waals surface area contributed by atoms with Gasteiger partial charge in [-0.1, -0.05) is 18.2 Å². The Bertz CT molecular complexity index is 744. The monoisotopic (exact) mass is 312 g/mol. The molecule has 1 amide bonds. The molecule has 0 saturated carbocycles. The summed E-state index contributed by atoms with van der Waals surface area (Å²) < 4.78 is 11.1. The van der Waals surface area contributed by atoms with Crippen molar-refractivity contribution in [3.8, 4) is 0 Å². The second-order valence-corrected chi connectivity index (χ2v) is 5.63. The molecule has 1 N–H and O–H groups in total. The minimum atomic E-state index is -0.0492. The molecule has 1 atom stereocenters. The topological polar surface area (TPSA) is 58.6 Å². The van der Waals surface area contributed by atoms with Gasteiger partial charge in [0.1, 0.15) is 17.1 Å². The quantitative estimate of drug-likeness (QED) is 0.758. The Balaban J connectivity index is 1.58. The van der Waals surface area contributed by atoms with Crippen LogP contribution in [-0.2, 0) is 11.3 Å². The summed E-state index contributed by atoms with van der Waals surface area (Å²) in [5, 5.41) is 3.92. The summed E-state index contributed by atoms with van der Waals surface area (Å²) in [5.74, 6) is 1.55. The van der Waals surface area contributed by atoms with Crippen LogP contribution in [0.3, 0.4) is 0 Å². The molecule has 0 spiro atoms. The number of hydrogen-bond donors (Lipinski definition) is 1. The molecule has 0 fully saturated rings. The van der Waals surface area contributed by atoms with Crippen molar-refractivity contribution < 1.29 is 13.6 Å². The summed E-state index contributed by atoms with van der Waals surface area (Å²) in [5.41, 5.74) is 0.866. The molecule has 0 aliphatic carbocycles. The first-order valence-corrected chi connectivity index (χ1v) is 7.61. The van der Waals surface area contributed by atoms with E-state index < -0.39 is 0 Å². The van der Waals surface area contributed by atoms with E-state index in [9.17, 15) is 4.79 Å². The fourth-order valence-electron chi connectivity index (χ4n) is 2.44. The lowest BCUT2D eigenvalue weighted by Crippen LogP contribution is -2.35. The van der Waals surface area contributed by atoms with E-state index in [4.69, 9.17) is 8.83 Å². The molecule has 1 aromatic carbocycles. The molecular weight excluding hydrogens is 292 g/mol. The van der Waals surface area contributed by atoms with Gasteiger partial charge in [0.2, 0.25) is 5.91 Å². The third kappa shape index (κ3) is 3.63. The van der Waals surface area contributed by atoms with E-state index in [1.807, 2.05) is 55.3 Å². The number of carbonyl (C=O) groups excluding carboxylic acids is 1. The molecule has 2 aromatic heterocycles. The zero-order valence-electron chi connectivity index (χ0n) is 13.3. The van der Waals surface area contributed by atoms with Gasteiger partial charge in [-0.2, -0.15) is 0 Å². The predicted molar refractivity (Wildman–Crippen MR) is 87.8 cm³/mol. The van der Waals surface area contributed by atoms with Crippen molar-refractivity contribution in [1.82, 2.24) is 10.2 Å². The van der Waals surface area contributed by atoms with Crippen molar-refractivity contribution in [2.75, 3.05) is 13.6 Å². The molecule has 23 heavy (non-hydrogen) atoms. The molecule has 5 nitrogen and oxygen atoms in total. The smallest absolute Gasteiger partial charge is 0.234 e. The highest BCUT2D eigenvalue weighted by atomic mass is 16.3. The van der Waals surface area contributed by atoms with Crippen LogP contribution in [0.5, 0.6) is 0 Å². The molecule has 5 heteroatoms. The maximum Gasteiger partial charge on any atom is 0.234 e. The zero-order chi connectivity index (χ0) is 16.2. The molecule has 0 radical (unpaired) electrons. The maximum atomic E-state index is 12.0. The van der Waals surface area contributed by atoms with Crippen LogP contribution in [0.4, 0.5) is 0 Å². The van der Waals surface area contributed by atoms with Crippen LogP contribution < -0.4 is 5.32 Å². The minimum Gasteiger partial charge on any atom is -0.467 e. The van der Waals surface area contributed by atoms with Crippen LogP contribution in [-0.4, -0.2) is 24.4 Å². The number of hydrogen-bond acceptors (Lipinski definition) is 4. The molecule has 0 aliphatic rings. The lowest BCUT2D eigenvalue weighted by molar-refractivity contribution is -0.122. The highest BCUT2D eigenvalue weighted by molar-refractivity contribution is 5.78. The summed E-state index contributed by atoms with van der Waals surface area (Å²) in [4.78, 5) is 14.0. The summed E-state index contributed by atoms with van der Waals surface area (Å²) in [7, 11) is 1.91. The number of para-hydroxylation sites is 1. The number of carbonyl (C=O) groups is 1. The van der Waals surface area contributed by atoms with Crippen LogP contribution in [0.15, 0.2) is 57.6 Å². The van der Waals surface area contributed by atoms with E-state index in [0.29, 0.717) is 13.1 Å². The van der Waals surface area contributed by atoms with Gasteiger partial charge in [-0.15, -0.1) is 0 Å². The number of amides is 1. The third-order valence-corrected chi connectivity index (χ3v) is 3.95. The van der Waals surface area contributed by atoms with Crippen molar-refractivity contribution in [1.29, 1.82) is 0 Å². The molecular formula is C18H20N2O3. The Morgan fingerprint density at radius 1 is 1.26 bits per heavy atom. The summed E-state index contributed by atoms with van der Waals surface area (Å²) in [6, 6.07) is 13.6. The number of nitrogens with zero attached hydrogens (tertiary/aromatic N) is 1. The molecule has 0 bridgehead atoms. The molecule has 120 valence electrons. The SMILES string of the molecule is C[C@@H](c1cc2ccccc2o1)N(C)CC(=O)NCc1ccco1. The molecule has 2 heterocycles. The van der Waals surface area contributed by atoms with Crippen molar-refractivity contribution in [3.05, 3.63) is 60.2 Å². The van der Waals surface area contributed by atoms with E-state index in [-0.39, 0.29) is 11.9 Å². The van der Waals surface area contributed by atoms with Crippen LogP contribution in [0, 0.1) is 0 Å². The Morgan fingerprint density at radius 3 is 2.83 bits per heavy atom. The second-order valence-electron chi connectivity index (χ2n) is 5.63. The average molecular weight is 312 g/mol. The van der Waals surface area contributed by atoms with Gasteiger partial charge in [-0.05, 0) is 38.2 Å². The number of rotatable bonds is 6. The summed E-state index contributed by atoms with van der Waals surface area (Å²) in [6.45, 7) is 2.72. The van der Waals surface area contributed by atoms with Crippen LogP contribution in [0.2, 0.25) is 0 Å². The van der Waals surface area contributed by atoms with Gasteiger partial charge in [0.05, 0.1) is 25.4 Å². The van der Waals surface area contributed by atoms with Gasteiger partial charge < -0.3 is 14.2 Å². The van der Waals surface area contributed by atoms with E-state index >= 15 is 0 Å². The predicted octanol–water partition coefficient (Wildman–Crippen LogP) is 3.34. The zero-order valence-corrected chi connectivity index (χ0v) is 13.3. The molecule has 0 aliphatic heterocycles. The molecule has 0 unspecified atom stereocenters. The molecule has 3 aromatic rings. The van der Waals surface area contributed by atoms with E-state index in [1.165, 1.54) is 0 Å². The largest absolute Gasteiger partial charge is 0.467 e. The van der Waals surface area contributed by atoms with Gasteiger partial charge >= 0.3 is 0 Å². The lowest BCUT2D eigenvalue weighted by Gasteiger charge is -2.22. The van der Waals surface area contributed by atoms with E-state index in [0.717, 1.165) is 22.5 Å². The maximum absolute atomic E-state index is 12.0. The molecule has 0 saturated heterocycles. The van der Waals surface area contributed by atoms with Gasteiger partial charge in [-0.25, -0.2) is 0 Å². The first-order chi connectivity index (χ1) is 11.1. The number of nitrogens with one attached hydrogen (secondary N) is 1. The standard InChI is InChI=1S/C18H20N2O3/c1-13(17-10-14-6-3-4-8-16(14)23-17)20(2)12-18(21)19-11-15-7-5-9-22-15/h3-10,13H,11-12H2,1-2H3,(H,19,21)/t13-/m0/s1. The van der Waals surface area contributed by atoms with Crippen molar-refractivity contribution in [2.45, 2.75) is 19.5 Å². The van der Waals surface area contributed by atoms with E-state index in [1.54, 1.807) is 12.3 Å². The Labute approximate surface area is 134 Å². The highest BCUT2D eigenvalue weighted by Gasteiger charge is 2.18. The van der Waals surface area contributed by atoms with Crippen LogP contribution in [0.25, 0.3) is 11.0 Å². The average Bonchev–Trinajstić information content (AvgIpc) is 3.21. The van der Waals surface area contributed by atoms with Crippen LogP contribution >= 0.6 is 0 Å². The normalized spacial score (nSPS) is 12.7. The summed E-state index contributed by atoms with van der Waals surface area (Å²) in [6.07, 6.45) is 1.59. The minimum absolute atomic E-state index is 0.0109. The molecule has 3 rings (SSSR count). The van der Waals surface area contributed by atoms with Gasteiger partial charge in [0.15, 0.2) is 0 Å². The highest BCUT2D eigenvalue weighted by Crippen LogP contribution is 2.26. The van der Waals surface area contributed by atoms with Crippen molar-refractivity contribution >= 4 is 16.9 Å². The number of likely N-dealkylation sites (N-methyl/N-ethyl adjacent to an activating group) is 1. The summed E-state index contributed by atoms with van der Waals surface area (Å²) >= 11 is 0. The number of fused-ring (bicyclic) bond motifs is 1. The Kier molecular flexibility index (Phi) is 4.48. The van der Waals surface area contributed by atoms with Gasteiger partial charge in [0.25, 0.3) is 0 Å². The number of benzene rings is 1.